The summed E-state index contributed by atoms with van der Waals surface area (Å²) in [5.74, 6) is -2.08. The molecular weight excluding hydrogens is 477 g/mol. The number of carbonyl (C=O) groups excluding carboxylic acids is 4. The lowest BCUT2D eigenvalue weighted by Gasteiger charge is -2.44. The van der Waals surface area contributed by atoms with Crippen LogP contribution >= 0.6 is 8.60 Å². The van der Waals surface area contributed by atoms with Gasteiger partial charge in [-0.3, -0.25) is 18.9 Å². The van der Waals surface area contributed by atoms with E-state index < -0.39 is 63.2 Å². The van der Waals surface area contributed by atoms with Crippen molar-refractivity contribution in [1.29, 1.82) is 0 Å². The molecule has 0 radical (unpaired) electrons. The summed E-state index contributed by atoms with van der Waals surface area (Å²) in [6, 6.07) is -1.23. The van der Waals surface area contributed by atoms with E-state index in [2.05, 4.69) is 11.9 Å². The summed E-state index contributed by atoms with van der Waals surface area (Å²) in [6.07, 6.45) is -4.58. The molecule has 1 N–H and O–H groups in total. The molecular formula is C20H32NO12P. The molecule has 0 aromatic heterocycles. The summed E-state index contributed by atoms with van der Waals surface area (Å²) in [7, 11) is -1.95. The lowest BCUT2D eigenvalue weighted by atomic mass is 9.96. The molecule has 13 nitrogen and oxygen atoms in total. The Kier molecular flexibility index (Phi) is 13.6. The monoisotopic (exact) mass is 509 g/mol. The zero-order valence-electron chi connectivity index (χ0n) is 19.8. The van der Waals surface area contributed by atoms with E-state index in [9.17, 15) is 19.2 Å². The van der Waals surface area contributed by atoms with Crippen molar-refractivity contribution >= 4 is 32.6 Å². The fraction of sp³-hybridized carbons (Fsp3) is 0.700. The van der Waals surface area contributed by atoms with E-state index in [1.54, 1.807) is 13.8 Å². The lowest BCUT2D eigenvalue weighted by molar-refractivity contribution is -0.258. The Hall–Kier alpha value is -2.31. The minimum absolute atomic E-state index is 0.101. The number of esters is 3. The molecule has 14 heteroatoms. The van der Waals surface area contributed by atoms with Gasteiger partial charge in [-0.1, -0.05) is 12.7 Å². The summed E-state index contributed by atoms with van der Waals surface area (Å²) >= 11 is 0. The second-order valence-electron chi connectivity index (χ2n) is 6.72. The second-order valence-corrected chi connectivity index (χ2v) is 7.89. The Morgan fingerprint density at radius 2 is 1.53 bits per heavy atom. The Bertz CT molecular complexity index is 699. The Balaban J connectivity index is 3.39. The highest BCUT2D eigenvalue weighted by Gasteiger charge is 2.52. The van der Waals surface area contributed by atoms with Crippen LogP contribution in [-0.2, 0) is 51.6 Å². The minimum Gasteiger partial charge on any atom is -0.463 e. The molecule has 1 amide bonds. The van der Waals surface area contributed by atoms with Gasteiger partial charge in [0.15, 0.2) is 18.5 Å². The number of rotatable bonds is 13. The van der Waals surface area contributed by atoms with E-state index in [4.69, 9.17) is 37.3 Å². The van der Waals surface area contributed by atoms with Gasteiger partial charge in [-0.15, -0.1) is 0 Å². The first-order chi connectivity index (χ1) is 16.1. The molecule has 1 saturated heterocycles. The SMILES string of the molecule is C=CCOC(=O)N[C@H]1C(OP(OCC)OCC)O[C@H](COC(C)=O)[C@H](OC(C)=O)[C@@H]1OC(C)=O. The molecule has 1 rings (SSSR count). The Morgan fingerprint density at radius 3 is 2.03 bits per heavy atom. The number of nitrogens with one attached hydrogen (secondary N) is 1. The molecule has 1 aliphatic heterocycles. The zero-order chi connectivity index (χ0) is 25.7. The van der Waals surface area contributed by atoms with E-state index in [-0.39, 0.29) is 26.4 Å². The molecule has 34 heavy (non-hydrogen) atoms. The fourth-order valence-electron chi connectivity index (χ4n) is 2.85. The van der Waals surface area contributed by atoms with Crippen molar-refractivity contribution in [2.45, 2.75) is 65.3 Å². The van der Waals surface area contributed by atoms with E-state index in [0.29, 0.717) is 0 Å². The molecule has 0 bridgehead atoms. The highest BCUT2D eigenvalue weighted by Crippen LogP contribution is 2.43. The lowest BCUT2D eigenvalue weighted by Crippen LogP contribution is -2.66. The average Bonchev–Trinajstić information content (AvgIpc) is 2.74. The minimum atomic E-state index is -1.95. The highest BCUT2D eigenvalue weighted by molar-refractivity contribution is 7.41. The number of ether oxygens (including phenoxy) is 5. The number of alkyl carbamates (subject to hydrolysis) is 1. The van der Waals surface area contributed by atoms with Crippen LogP contribution < -0.4 is 5.32 Å². The Morgan fingerprint density at radius 1 is 0.941 bits per heavy atom. The second kappa shape index (κ2) is 15.6. The van der Waals surface area contributed by atoms with Gasteiger partial charge in [-0.05, 0) is 13.8 Å². The van der Waals surface area contributed by atoms with Crippen LogP contribution in [0.5, 0.6) is 0 Å². The molecule has 0 aromatic rings. The van der Waals surface area contributed by atoms with Gasteiger partial charge in [-0.25, -0.2) is 4.79 Å². The first-order valence-corrected chi connectivity index (χ1v) is 11.6. The van der Waals surface area contributed by atoms with Crippen molar-refractivity contribution < 1.29 is 56.4 Å². The quantitative estimate of drug-likeness (QED) is 0.166. The van der Waals surface area contributed by atoms with Crippen LogP contribution in [0.2, 0.25) is 0 Å². The molecule has 5 atom stereocenters. The van der Waals surface area contributed by atoms with Gasteiger partial charge in [0.1, 0.15) is 25.4 Å². The third-order valence-corrected chi connectivity index (χ3v) is 5.29. The predicted molar refractivity (Wildman–Crippen MR) is 116 cm³/mol. The first kappa shape index (κ1) is 29.7. The molecule has 1 heterocycles. The van der Waals surface area contributed by atoms with E-state index in [1.807, 2.05) is 0 Å². The first-order valence-electron chi connectivity index (χ1n) is 10.5. The van der Waals surface area contributed by atoms with Gasteiger partial charge in [-0.2, -0.15) is 0 Å². The average molecular weight is 509 g/mol. The third kappa shape index (κ3) is 10.3. The molecule has 0 aromatic carbocycles. The molecule has 0 spiro atoms. The maximum absolute atomic E-state index is 12.3. The van der Waals surface area contributed by atoms with Crippen molar-refractivity contribution in [3.8, 4) is 0 Å². The summed E-state index contributed by atoms with van der Waals surface area (Å²) < 4.78 is 43.4. The normalized spacial score (nSPS) is 24.1. The maximum atomic E-state index is 12.3. The summed E-state index contributed by atoms with van der Waals surface area (Å²) in [6.45, 7) is 10.4. The van der Waals surface area contributed by atoms with E-state index in [1.165, 1.54) is 13.0 Å². The van der Waals surface area contributed by atoms with Gasteiger partial charge in [0.05, 0.1) is 13.2 Å². The summed E-state index contributed by atoms with van der Waals surface area (Å²) in [5, 5.41) is 2.50. The fourth-order valence-corrected chi connectivity index (χ4v) is 3.82. The van der Waals surface area contributed by atoms with Crippen LogP contribution in [0.1, 0.15) is 34.6 Å². The van der Waals surface area contributed by atoms with Crippen LogP contribution in [0.3, 0.4) is 0 Å². The van der Waals surface area contributed by atoms with Gasteiger partial charge in [0.2, 0.25) is 0 Å². The molecule has 194 valence electrons. The van der Waals surface area contributed by atoms with Gasteiger partial charge < -0.3 is 38.0 Å². The third-order valence-electron chi connectivity index (χ3n) is 3.98. The van der Waals surface area contributed by atoms with Gasteiger partial charge in [0, 0.05) is 20.8 Å². The van der Waals surface area contributed by atoms with Crippen LogP contribution in [0.25, 0.3) is 0 Å². The molecule has 0 saturated carbocycles. The van der Waals surface area contributed by atoms with Crippen molar-refractivity contribution in [3.63, 3.8) is 0 Å². The molecule has 1 aliphatic rings. The van der Waals surface area contributed by atoms with Crippen molar-refractivity contribution in [3.05, 3.63) is 12.7 Å². The van der Waals surface area contributed by atoms with Crippen molar-refractivity contribution in [2.75, 3.05) is 26.4 Å². The van der Waals surface area contributed by atoms with Crippen LogP contribution in [0.4, 0.5) is 4.79 Å². The highest BCUT2D eigenvalue weighted by atomic mass is 31.2. The number of amides is 1. The zero-order valence-corrected chi connectivity index (χ0v) is 20.7. The van der Waals surface area contributed by atoms with Crippen LogP contribution in [-0.4, -0.2) is 81.1 Å². The summed E-state index contributed by atoms with van der Waals surface area (Å²) in [4.78, 5) is 47.5. The topological polar surface area (TPSA) is 154 Å². The van der Waals surface area contributed by atoms with Crippen molar-refractivity contribution in [2.24, 2.45) is 0 Å². The number of carbonyl (C=O) groups is 4. The number of hydrogen-bond acceptors (Lipinski definition) is 12. The van der Waals surface area contributed by atoms with Gasteiger partial charge in [0.25, 0.3) is 0 Å². The van der Waals surface area contributed by atoms with Gasteiger partial charge >= 0.3 is 32.6 Å². The van der Waals surface area contributed by atoms with Crippen molar-refractivity contribution in [1.82, 2.24) is 5.32 Å². The molecule has 1 fully saturated rings. The van der Waals surface area contributed by atoms with E-state index >= 15 is 0 Å². The maximum Gasteiger partial charge on any atom is 0.407 e. The van der Waals surface area contributed by atoms with E-state index in [0.717, 1.165) is 13.8 Å². The predicted octanol–water partition coefficient (Wildman–Crippen LogP) is 1.74. The molecule has 1 unspecified atom stereocenters. The molecule has 0 aliphatic carbocycles. The smallest absolute Gasteiger partial charge is 0.407 e. The van der Waals surface area contributed by atoms with Crippen LogP contribution in [0.15, 0.2) is 12.7 Å². The Labute approximate surface area is 199 Å². The largest absolute Gasteiger partial charge is 0.463 e. The number of hydrogen-bond donors (Lipinski definition) is 1. The summed E-state index contributed by atoms with van der Waals surface area (Å²) in [5.41, 5.74) is 0. The standard InChI is InChI=1S/C20H32NO12P/c1-7-10-26-20(25)21-16-18(31-14(6)24)17(30-13(5)23)15(11-27-12(4)22)32-19(16)33-34(28-8-2)29-9-3/h7,15-19H,1,8-11H2,2-6H3,(H,21,25)/t15-,16-,17+,18-,19?/m1/s1. The van der Waals surface area contributed by atoms with Crippen LogP contribution in [0, 0.1) is 0 Å².